The molecule has 0 saturated carbocycles. The first-order chi connectivity index (χ1) is 17.5. The molecule has 3 aromatic rings. The predicted molar refractivity (Wildman–Crippen MR) is 130 cm³/mol. The highest BCUT2D eigenvalue weighted by Gasteiger charge is 2.18. The second-order valence-electron chi connectivity index (χ2n) is 7.69. The maximum Gasteiger partial charge on any atom is 0.340 e. The van der Waals surface area contributed by atoms with E-state index in [4.69, 9.17) is 14.2 Å². The zero-order chi connectivity index (χ0) is 25.3. The molecule has 4 rings (SSSR count). The molecule has 0 fully saturated rings. The van der Waals surface area contributed by atoms with Crippen molar-refractivity contribution in [3.05, 3.63) is 83.9 Å². The van der Waals surface area contributed by atoms with Crippen molar-refractivity contribution in [3.8, 4) is 11.5 Å². The van der Waals surface area contributed by atoms with E-state index in [1.165, 1.54) is 6.07 Å². The van der Waals surface area contributed by atoms with Crippen molar-refractivity contribution in [1.82, 2.24) is 5.32 Å². The zero-order valence-electron chi connectivity index (χ0n) is 19.1. The topological polar surface area (TPSA) is 132 Å². The summed E-state index contributed by atoms with van der Waals surface area (Å²) in [5.74, 6) is -0.924. The number of benzene rings is 3. The number of rotatable bonds is 7. The average Bonchev–Trinajstić information content (AvgIpc) is 2.88. The summed E-state index contributed by atoms with van der Waals surface area (Å²) in [6, 6.07) is 19.4. The van der Waals surface area contributed by atoms with Gasteiger partial charge in [0.05, 0.1) is 17.7 Å². The quantitative estimate of drug-likeness (QED) is 0.435. The lowest BCUT2D eigenvalue weighted by Gasteiger charge is -2.19. The highest BCUT2D eigenvalue weighted by Crippen LogP contribution is 2.32. The number of esters is 1. The van der Waals surface area contributed by atoms with Gasteiger partial charge < -0.3 is 24.8 Å². The minimum absolute atomic E-state index is 0.0763. The minimum Gasteiger partial charge on any atom is -0.486 e. The van der Waals surface area contributed by atoms with Crippen LogP contribution in [0.2, 0.25) is 0 Å². The van der Waals surface area contributed by atoms with Gasteiger partial charge in [0, 0.05) is 11.8 Å². The summed E-state index contributed by atoms with van der Waals surface area (Å²) < 4.78 is 15.9. The first kappa shape index (κ1) is 24.3. The van der Waals surface area contributed by atoms with Crippen LogP contribution >= 0.6 is 0 Å². The van der Waals surface area contributed by atoms with Gasteiger partial charge in [0.1, 0.15) is 13.2 Å². The molecule has 0 aromatic heterocycles. The number of imide groups is 1. The third-order valence-electron chi connectivity index (χ3n) is 5.02. The van der Waals surface area contributed by atoms with Crippen molar-refractivity contribution in [2.24, 2.45) is 0 Å². The molecular formula is C26H23N3O7. The number of hydrogen-bond acceptors (Lipinski definition) is 7. The Labute approximate surface area is 206 Å². The summed E-state index contributed by atoms with van der Waals surface area (Å²) in [5.41, 5.74) is 1.54. The van der Waals surface area contributed by atoms with Gasteiger partial charge in [0.15, 0.2) is 18.1 Å². The molecule has 0 atom stereocenters. The van der Waals surface area contributed by atoms with E-state index < -0.39 is 24.5 Å². The number of ether oxygens (including phenoxy) is 3. The Bertz CT molecular complexity index is 1280. The number of carbonyl (C=O) groups excluding carboxylic acids is 4. The number of anilines is 2. The van der Waals surface area contributed by atoms with Gasteiger partial charge in [-0.2, -0.15) is 0 Å². The molecule has 1 aliphatic heterocycles. The lowest BCUT2D eigenvalue weighted by atomic mass is 10.1. The standard InChI is InChI=1S/C26H23N3O7/c30-23(14-17-6-2-1-3-7-17)28-20-9-5-4-8-19(20)25(32)36-16-24(31)29-26(33)27-18-10-11-21-22(15-18)35-13-12-34-21/h1-11,15H,12-14,16H2,(H,28,30)(H2,27,29,31,33). The van der Waals surface area contributed by atoms with Crippen molar-refractivity contribution in [3.63, 3.8) is 0 Å². The van der Waals surface area contributed by atoms with E-state index in [2.05, 4.69) is 16.0 Å². The number of carbonyl (C=O) groups is 4. The van der Waals surface area contributed by atoms with E-state index in [0.29, 0.717) is 30.4 Å². The number of para-hydroxylation sites is 1. The number of amides is 4. The van der Waals surface area contributed by atoms with E-state index in [1.54, 1.807) is 36.4 Å². The normalized spacial score (nSPS) is 11.7. The Morgan fingerprint density at radius 2 is 1.50 bits per heavy atom. The molecule has 0 unspecified atom stereocenters. The molecule has 0 saturated heterocycles. The van der Waals surface area contributed by atoms with Crippen LogP contribution in [-0.4, -0.2) is 43.6 Å². The summed E-state index contributed by atoms with van der Waals surface area (Å²) in [7, 11) is 0. The van der Waals surface area contributed by atoms with Crippen LogP contribution in [-0.2, 0) is 20.7 Å². The van der Waals surface area contributed by atoms with Gasteiger partial charge >= 0.3 is 12.0 Å². The molecule has 10 heteroatoms. The average molecular weight is 489 g/mol. The fourth-order valence-electron chi connectivity index (χ4n) is 3.40. The van der Waals surface area contributed by atoms with Crippen molar-refractivity contribution >= 4 is 35.2 Å². The van der Waals surface area contributed by atoms with Crippen molar-refractivity contribution in [2.45, 2.75) is 6.42 Å². The fourth-order valence-corrected chi connectivity index (χ4v) is 3.40. The molecule has 4 amide bonds. The molecule has 1 heterocycles. The Morgan fingerprint density at radius 3 is 2.31 bits per heavy atom. The van der Waals surface area contributed by atoms with Gasteiger partial charge in [-0.05, 0) is 29.8 Å². The first-order valence-corrected chi connectivity index (χ1v) is 11.1. The Hall–Kier alpha value is -4.86. The van der Waals surface area contributed by atoms with Crippen LogP contribution in [0.1, 0.15) is 15.9 Å². The first-order valence-electron chi connectivity index (χ1n) is 11.1. The molecule has 0 bridgehead atoms. The maximum absolute atomic E-state index is 12.5. The van der Waals surface area contributed by atoms with Gasteiger partial charge in [-0.15, -0.1) is 0 Å². The van der Waals surface area contributed by atoms with Gasteiger partial charge in [-0.3, -0.25) is 14.9 Å². The van der Waals surface area contributed by atoms with Crippen molar-refractivity contribution < 1.29 is 33.4 Å². The molecule has 3 N–H and O–H groups in total. The molecule has 3 aromatic carbocycles. The Morgan fingerprint density at radius 1 is 0.778 bits per heavy atom. The summed E-state index contributed by atoms with van der Waals surface area (Å²) in [4.78, 5) is 49.2. The van der Waals surface area contributed by atoms with Crippen LogP contribution in [0.25, 0.3) is 0 Å². The summed E-state index contributed by atoms with van der Waals surface area (Å²) in [6.45, 7) is 0.143. The lowest BCUT2D eigenvalue weighted by molar-refractivity contribution is -0.123. The molecule has 10 nitrogen and oxygen atoms in total. The van der Waals surface area contributed by atoms with E-state index >= 15 is 0 Å². The van der Waals surface area contributed by atoms with Crippen LogP contribution in [0, 0.1) is 0 Å². The highest BCUT2D eigenvalue weighted by molar-refractivity contribution is 6.04. The molecule has 0 aliphatic carbocycles. The van der Waals surface area contributed by atoms with Gasteiger partial charge in [-0.1, -0.05) is 42.5 Å². The summed E-state index contributed by atoms with van der Waals surface area (Å²) in [6.07, 6.45) is 0.130. The van der Waals surface area contributed by atoms with Crippen LogP contribution in [0.5, 0.6) is 11.5 Å². The molecular weight excluding hydrogens is 466 g/mol. The smallest absolute Gasteiger partial charge is 0.340 e. The molecule has 0 radical (unpaired) electrons. The van der Waals surface area contributed by atoms with Crippen LogP contribution in [0.4, 0.5) is 16.2 Å². The van der Waals surface area contributed by atoms with Gasteiger partial charge in [0.25, 0.3) is 5.91 Å². The van der Waals surface area contributed by atoms with Crippen molar-refractivity contribution in [1.29, 1.82) is 0 Å². The van der Waals surface area contributed by atoms with E-state index in [1.807, 2.05) is 30.3 Å². The number of nitrogens with one attached hydrogen (secondary N) is 3. The zero-order valence-corrected chi connectivity index (χ0v) is 19.1. The number of urea groups is 1. The monoisotopic (exact) mass is 489 g/mol. The Balaban J connectivity index is 1.27. The second kappa shape index (κ2) is 11.5. The van der Waals surface area contributed by atoms with E-state index in [-0.39, 0.29) is 23.6 Å². The summed E-state index contributed by atoms with van der Waals surface area (Å²) in [5, 5.41) is 7.27. The molecule has 184 valence electrons. The number of hydrogen-bond donors (Lipinski definition) is 3. The van der Waals surface area contributed by atoms with Crippen LogP contribution in [0.15, 0.2) is 72.8 Å². The highest BCUT2D eigenvalue weighted by atomic mass is 16.6. The van der Waals surface area contributed by atoms with E-state index in [9.17, 15) is 19.2 Å². The Kier molecular flexibility index (Phi) is 7.76. The van der Waals surface area contributed by atoms with Gasteiger partial charge in [-0.25, -0.2) is 9.59 Å². The third kappa shape index (κ3) is 6.60. The largest absolute Gasteiger partial charge is 0.486 e. The fraction of sp³-hybridized carbons (Fsp3) is 0.154. The molecule has 36 heavy (non-hydrogen) atoms. The predicted octanol–water partition coefficient (Wildman–Crippen LogP) is 3.14. The molecule has 0 spiro atoms. The minimum atomic E-state index is -0.830. The lowest BCUT2D eigenvalue weighted by Crippen LogP contribution is -2.37. The third-order valence-corrected chi connectivity index (χ3v) is 5.02. The van der Waals surface area contributed by atoms with Gasteiger partial charge in [0.2, 0.25) is 5.91 Å². The van der Waals surface area contributed by atoms with Crippen LogP contribution < -0.4 is 25.4 Å². The summed E-state index contributed by atoms with van der Waals surface area (Å²) >= 11 is 0. The van der Waals surface area contributed by atoms with Crippen molar-refractivity contribution in [2.75, 3.05) is 30.5 Å². The second-order valence-corrected chi connectivity index (χ2v) is 7.69. The number of fused-ring (bicyclic) bond motifs is 1. The van der Waals surface area contributed by atoms with E-state index in [0.717, 1.165) is 5.56 Å². The SMILES string of the molecule is O=C(COC(=O)c1ccccc1NC(=O)Cc1ccccc1)NC(=O)Nc1ccc2c(c1)OCCO2. The van der Waals surface area contributed by atoms with Crippen LogP contribution in [0.3, 0.4) is 0 Å². The molecule has 1 aliphatic rings. The maximum atomic E-state index is 12.5.